The molecule has 0 N–H and O–H groups in total. The lowest BCUT2D eigenvalue weighted by molar-refractivity contribution is 0.356. The van der Waals surface area contributed by atoms with E-state index in [9.17, 15) is 18.0 Å². The van der Waals surface area contributed by atoms with Gasteiger partial charge in [-0.25, -0.2) is 13.2 Å². The fraction of sp³-hybridized carbons (Fsp3) is 0.375. The molecule has 0 atom stereocenters. The zero-order valence-corrected chi connectivity index (χ0v) is 17.2. The number of sulfonamides is 1. The summed E-state index contributed by atoms with van der Waals surface area (Å²) in [7, 11) is -1.56. The summed E-state index contributed by atoms with van der Waals surface area (Å²) >= 11 is 1.42. The monoisotopic (exact) mass is 425 g/mol. The van der Waals surface area contributed by atoms with E-state index in [1.165, 1.54) is 25.4 Å². The Balaban J connectivity index is 1.98. The molecule has 0 saturated heterocycles. The standard InChI is InChI=1S/C16H19N5O5S2/c1-4-7-21(10-13-17-18-14(26-13)11-6-5-8-27-11)28(24,25)12-9-19(2)16(23)20(3)15(12)22/h5-6,8-9H,4,7,10H2,1-3H3. The van der Waals surface area contributed by atoms with Gasteiger partial charge in [0.1, 0.15) is 0 Å². The van der Waals surface area contributed by atoms with Gasteiger partial charge < -0.3 is 8.98 Å². The van der Waals surface area contributed by atoms with Crippen LogP contribution in [0.1, 0.15) is 19.2 Å². The number of hydrogen-bond donors (Lipinski definition) is 0. The topological polar surface area (TPSA) is 120 Å². The van der Waals surface area contributed by atoms with Crippen molar-refractivity contribution in [3.8, 4) is 10.8 Å². The molecule has 3 aromatic heterocycles. The van der Waals surface area contributed by atoms with Gasteiger partial charge in [0.05, 0.1) is 11.4 Å². The van der Waals surface area contributed by atoms with E-state index in [1.54, 1.807) is 0 Å². The lowest BCUT2D eigenvalue weighted by Crippen LogP contribution is -2.42. The Kier molecular flexibility index (Phi) is 5.63. The number of hydrogen-bond acceptors (Lipinski definition) is 8. The second-order valence-corrected chi connectivity index (χ2v) is 8.92. The molecule has 0 amide bonds. The highest BCUT2D eigenvalue weighted by molar-refractivity contribution is 7.89. The summed E-state index contributed by atoms with van der Waals surface area (Å²) in [5, 5.41) is 9.73. The third-order valence-corrected chi connectivity index (χ3v) is 6.70. The van der Waals surface area contributed by atoms with Crippen LogP contribution in [0.3, 0.4) is 0 Å². The number of rotatable bonds is 7. The van der Waals surface area contributed by atoms with Gasteiger partial charge in [-0.1, -0.05) is 13.0 Å². The molecule has 0 unspecified atom stereocenters. The Bertz CT molecular complexity index is 1190. The van der Waals surface area contributed by atoms with E-state index in [0.717, 1.165) is 24.5 Å². The van der Waals surface area contributed by atoms with Gasteiger partial charge in [-0.3, -0.25) is 9.36 Å². The quantitative estimate of drug-likeness (QED) is 0.549. The SMILES string of the molecule is CCCN(Cc1nnc(-c2cccs2)o1)S(=O)(=O)c1cn(C)c(=O)n(C)c1=O. The molecule has 10 nitrogen and oxygen atoms in total. The molecule has 3 aromatic rings. The Labute approximate surface area is 164 Å². The van der Waals surface area contributed by atoms with Crippen molar-refractivity contribution in [2.75, 3.05) is 6.54 Å². The van der Waals surface area contributed by atoms with Crippen LogP contribution in [0, 0.1) is 0 Å². The van der Waals surface area contributed by atoms with Crippen LogP contribution in [0.15, 0.2) is 42.6 Å². The highest BCUT2D eigenvalue weighted by atomic mass is 32.2. The molecule has 0 aromatic carbocycles. The fourth-order valence-corrected chi connectivity index (χ4v) is 4.87. The first kappa shape index (κ1) is 20.2. The van der Waals surface area contributed by atoms with E-state index in [-0.39, 0.29) is 19.0 Å². The lowest BCUT2D eigenvalue weighted by Gasteiger charge is -2.20. The average molecular weight is 425 g/mol. The summed E-state index contributed by atoms with van der Waals surface area (Å²) in [5.41, 5.74) is -1.49. The first-order valence-corrected chi connectivity index (χ1v) is 10.7. The van der Waals surface area contributed by atoms with Crippen LogP contribution in [-0.2, 0) is 30.7 Å². The van der Waals surface area contributed by atoms with Gasteiger partial charge in [0.2, 0.25) is 5.89 Å². The number of thiophene rings is 1. The molecule has 0 radical (unpaired) electrons. The molecule has 0 aliphatic heterocycles. The van der Waals surface area contributed by atoms with Crippen LogP contribution in [-0.4, -0.2) is 38.6 Å². The van der Waals surface area contributed by atoms with Crippen LogP contribution in [0.4, 0.5) is 0 Å². The van der Waals surface area contributed by atoms with Crippen LogP contribution in [0.2, 0.25) is 0 Å². The van der Waals surface area contributed by atoms with Crippen molar-refractivity contribution >= 4 is 21.4 Å². The second kappa shape index (κ2) is 7.81. The van der Waals surface area contributed by atoms with Gasteiger partial charge in [0.15, 0.2) is 4.90 Å². The predicted molar refractivity (Wildman–Crippen MR) is 102 cm³/mol. The minimum Gasteiger partial charge on any atom is -0.418 e. The zero-order valence-electron chi connectivity index (χ0n) is 15.5. The minimum absolute atomic E-state index is 0.113. The van der Waals surface area contributed by atoms with E-state index >= 15 is 0 Å². The van der Waals surface area contributed by atoms with Gasteiger partial charge in [-0.05, 0) is 17.9 Å². The maximum atomic E-state index is 13.1. The van der Waals surface area contributed by atoms with Crippen molar-refractivity contribution in [3.63, 3.8) is 0 Å². The summed E-state index contributed by atoms with van der Waals surface area (Å²) in [6.07, 6.45) is 1.55. The van der Waals surface area contributed by atoms with E-state index in [1.807, 2.05) is 24.4 Å². The molecule has 3 rings (SSSR count). The normalized spacial score (nSPS) is 12.0. The molecule has 0 fully saturated rings. The van der Waals surface area contributed by atoms with E-state index in [2.05, 4.69) is 10.2 Å². The third kappa shape index (κ3) is 3.70. The third-order valence-electron chi connectivity index (χ3n) is 4.02. The molecule has 150 valence electrons. The molecule has 0 saturated carbocycles. The zero-order chi connectivity index (χ0) is 20.5. The van der Waals surface area contributed by atoms with Crippen molar-refractivity contribution < 1.29 is 12.8 Å². The summed E-state index contributed by atoms with van der Waals surface area (Å²) in [5.74, 6) is 0.416. The Morgan fingerprint density at radius 1 is 1.25 bits per heavy atom. The van der Waals surface area contributed by atoms with Gasteiger partial charge in [-0.15, -0.1) is 21.5 Å². The molecule has 0 aliphatic carbocycles. The average Bonchev–Trinajstić information content (AvgIpc) is 3.34. The highest BCUT2D eigenvalue weighted by Gasteiger charge is 2.30. The van der Waals surface area contributed by atoms with Crippen molar-refractivity contribution in [1.82, 2.24) is 23.6 Å². The lowest BCUT2D eigenvalue weighted by atomic mass is 10.5. The minimum atomic E-state index is -4.18. The summed E-state index contributed by atoms with van der Waals surface area (Å²) in [6, 6.07) is 3.66. The largest absolute Gasteiger partial charge is 0.418 e. The molecule has 12 heteroatoms. The van der Waals surface area contributed by atoms with Gasteiger partial charge in [-0.2, -0.15) is 4.31 Å². The maximum Gasteiger partial charge on any atom is 0.330 e. The highest BCUT2D eigenvalue weighted by Crippen LogP contribution is 2.24. The van der Waals surface area contributed by atoms with Crippen molar-refractivity contribution in [3.05, 3.63) is 50.4 Å². The Morgan fingerprint density at radius 2 is 2.00 bits per heavy atom. The first-order chi connectivity index (χ1) is 13.3. The first-order valence-electron chi connectivity index (χ1n) is 8.38. The molecule has 28 heavy (non-hydrogen) atoms. The van der Waals surface area contributed by atoms with E-state index in [0.29, 0.717) is 12.3 Å². The number of aromatic nitrogens is 4. The Hall–Kier alpha value is -2.57. The molecular weight excluding hydrogens is 406 g/mol. The van der Waals surface area contributed by atoms with E-state index < -0.39 is 26.2 Å². The fourth-order valence-electron chi connectivity index (χ4n) is 2.59. The van der Waals surface area contributed by atoms with E-state index in [4.69, 9.17) is 4.42 Å². The number of aryl methyl sites for hydroxylation is 1. The van der Waals surface area contributed by atoms with Crippen LogP contribution in [0.25, 0.3) is 10.8 Å². The van der Waals surface area contributed by atoms with Crippen LogP contribution in [0.5, 0.6) is 0 Å². The summed E-state index contributed by atoms with van der Waals surface area (Å²) in [4.78, 5) is 24.5. The van der Waals surface area contributed by atoms with Crippen molar-refractivity contribution in [2.45, 2.75) is 24.8 Å². The molecular formula is C16H19N5O5S2. The van der Waals surface area contributed by atoms with Gasteiger partial charge >= 0.3 is 5.69 Å². The number of nitrogens with zero attached hydrogens (tertiary/aromatic N) is 5. The maximum absolute atomic E-state index is 13.1. The molecule has 0 spiro atoms. The summed E-state index contributed by atoms with van der Waals surface area (Å²) < 4.78 is 34.7. The Morgan fingerprint density at radius 3 is 2.64 bits per heavy atom. The molecule has 0 bridgehead atoms. The van der Waals surface area contributed by atoms with Crippen molar-refractivity contribution in [2.24, 2.45) is 14.1 Å². The second-order valence-electron chi connectivity index (χ2n) is 6.07. The summed E-state index contributed by atoms with van der Waals surface area (Å²) in [6.45, 7) is 1.78. The molecule has 0 aliphatic rings. The molecule has 3 heterocycles. The predicted octanol–water partition coefficient (Wildman–Crippen LogP) is 0.796. The van der Waals surface area contributed by atoms with Crippen molar-refractivity contribution in [1.29, 1.82) is 0 Å². The van der Waals surface area contributed by atoms with Gasteiger partial charge in [0.25, 0.3) is 21.5 Å². The van der Waals surface area contributed by atoms with Crippen LogP contribution >= 0.6 is 11.3 Å². The smallest absolute Gasteiger partial charge is 0.330 e. The van der Waals surface area contributed by atoms with Crippen LogP contribution < -0.4 is 11.2 Å². The van der Waals surface area contributed by atoms with Gasteiger partial charge in [0, 0.05) is 26.8 Å².